The highest BCUT2D eigenvalue weighted by Crippen LogP contribution is 2.11. The number of amides is 1. The molecule has 1 rings (SSSR count). The lowest BCUT2D eigenvalue weighted by molar-refractivity contribution is -0.137. The Morgan fingerprint density at radius 1 is 1.56 bits per heavy atom. The zero-order valence-electron chi connectivity index (χ0n) is 9.15. The highest BCUT2D eigenvalue weighted by Gasteiger charge is 2.23. The maximum absolute atomic E-state index is 11.6. The van der Waals surface area contributed by atoms with Gasteiger partial charge in [0.25, 0.3) is 5.91 Å². The van der Waals surface area contributed by atoms with E-state index in [1.165, 1.54) is 6.33 Å². The number of carbonyl (C=O) groups is 2. The van der Waals surface area contributed by atoms with Gasteiger partial charge in [0.2, 0.25) is 5.82 Å². The number of carboxylic acid groups (broad SMARTS) is 1. The van der Waals surface area contributed by atoms with Gasteiger partial charge in [-0.05, 0) is 20.3 Å². The molecule has 0 fully saturated rings. The highest BCUT2D eigenvalue weighted by molar-refractivity contribution is 5.90. The summed E-state index contributed by atoms with van der Waals surface area (Å²) in [5, 5.41) is 17.2. The summed E-state index contributed by atoms with van der Waals surface area (Å²) in [5.74, 6) is -1.17. The Hall–Kier alpha value is -1.92. The fourth-order valence-electron chi connectivity index (χ4n) is 1.16. The molecule has 0 saturated heterocycles. The first kappa shape index (κ1) is 12.2. The summed E-state index contributed by atoms with van der Waals surface area (Å²) in [7, 11) is 0. The van der Waals surface area contributed by atoms with Gasteiger partial charge in [0.05, 0.1) is 0 Å². The van der Waals surface area contributed by atoms with Crippen molar-refractivity contribution in [1.29, 1.82) is 0 Å². The third-order valence-electron chi connectivity index (χ3n) is 2.05. The standard InChI is InChI=1S/C9H14N4O3/c1-9(2,4-3-6(14)15)12-8(16)7-10-5-11-13-7/h5H,3-4H2,1-2H3,(H,12,16)(H,14,15)(H,10,11,13). The summed E-state index contributed by atoms with van der Waals surface area (Å²) in [4.78, 5) is 25.7. The first-order valence-electron chi connectivity index (χ1n) is 4.80. The van der Waals surface area contributed by atoms with E-state index in [1.807, 2.05) is 0 Å². The second-order valence-corrected chi connectivity index (χ2v) is 4.07. The molecule has 0 bridgehead atoms. The van der Waals surface area contributed by atoms with Crippen LogP contribution in [0.1, 0.15) is 37.3 Å². The van der Waals surface area contributed by atoms with Gasteiger partial charge >= 0.3 is 5.97 Å². The first-order chi connectivity index (χ1) is 7.41. The summed E-state index contributed by atoms with van der Waals surface area (Å²) < 4.78 is 0. The van der Waals surface area contributed by atoms with Gasteiger partial charge in [0.1, 0.15) is 6.33 Å². The van der Waals surface area contributed by atoms with Crippen LogP contribution in [0.3, 0.4) is 0 Å². The lowest BCUT2D eigenvalue weighted by Crippen LogP contribution is -2.44. The Kier molecular flexibility index (Phi) is 3.60. The van der Waals surface area contributed by atoms with E-state index in [1.54, 1.807) is 13.8 Å². The molecular formula is C9H14N4O3. The Labute approximate surface area is 92.3 Å². The number of nitrogens with one attached hydrogen (secondary N) is 2. The fraction of sp³-hybridized carbons (Fsp3) is 0.556. The van der Waals surface area contributed by atoms with Crippen molar-refractivity contribution in [2.75, 3.05) is 0 Å². The van der Waals surface area contributed by atoms with Crippen molar-refractivity contribution in [3.8, 4) is 0 Å². The Morgan fingerprint density at radius 3 is 2.75 bits per heavy atom. The molecule has 0 aliphatic heterocycles. The van der Waals surface area contributed by atoms with Crippen molar-refractivity contribution in [3.63, 3.8) is 0 Å². The van der Waals surface area contributed by atoms with Gasteiger partial charge in [-0.2, -0.15) is 5.10 Å². The molecule has 16 heavy (non-hydrogen) atoms. The Balaban J connectivity index is 2.52. The minimum Gasteiger partial charge on any atom is -0.481 e. The van der Waals surface area contributed by atoms with E-state index in [2.05, 4.69) is 20.5 Å². The normalized spacial score (nSPS) is 11.1. The molecule has 0 saturated carbocycles. The molecule has 88 valence electrons. The molecule has 1 aromatic heterocycles. The molecule has 1 aromatic rings. The van der Waals surface area contributed by atoms with E-state index in [0.717, 1.165) is 0 Å². The molecule has 1 amide bonds. The quantitative estimate of drug-likeness (QED) is 0.663. The molecule has 0 unspecified atom stereocenters. The molecule has 7 nitrogen and oxygen atoms in total. The second-order valence-electron chi connectivity index (χ2n) is 4.07. The number of aromatic nitrogens is 3. The molecule has 1 heterocycles. The summed E-state index contributed by atoms with van der Waals surface area (Å²) in [6.07, 6.45) is 1.59. The van der Waals surface area contributed by atoms with Gasteiger partial charge in [-0.15, -0.1) is 0 Å². The van der Waals surface area contributed by atoms with E-state index in [4.69, 9.17) is 5.11 Å². The number of H-pyrrole nitrogens is 1. The molecule has 0 spiro atoms. The Bertz CT molecular complexity index is 372. The zero-order chi connectivity index (χ0) is 12.2. The van der Waals surface area contributed by atoms with Gasteiger partial charge < -0.3 is 10.4 Å². The monoisotopic (exact) mass is 226 g/mol. The topological polar surface area (TPSA) is 108 Å². The molecule has 0 aromatic carbocycles. The molecule has 0 aliphatic rings. The third kappa shape index (κ3) is 3.68. The smallest absolute Gasteiger partial charge is 0.303 e. The number of hydrogen-bond acceptors (Lipinski definition) is 4. The summed E-state index contributed by atoms with van der Waals surface area (Å²) in [5.41, 5.74) is -0.595. The van der Waals surface area contributed by atoms with Gasteiger partial charge in [0.15, 0.2) is 0 Å². The van der Waals surface area contributed by atoms with E-state index >= 15 is 0 Å². The molecule has 3 N–H and O–H groups in total. The Morgan fingerprint density at radius 2 is 2.25 bits per heavy atom. The third-order valence-corrected chi connectivity index (χ3v) is 2.05. The SMILES string of the molecule is CC(C)(CCC(=O)O)NC(=O)c1ncn[nH]1. The summed E-state index contributed by atoms with van der Waals surface area (Å²) >= 11 is 0. The van der Waals surface area contributed by atoms with Crippen LogP contribution in [0.2, 0.25) is 0 Å². The maximum Gasteiger partial charge on any atom is 0.303 e. The van der Waals surface area contributed by atoms with Crippen LogP contribution in [0, 0.1) is 0 Å². The van der Waals surface area contributed by atoms with E-state index in [-0.39, 0.29) is 12.2 Å². The molecule has 7 heteroatoms. The number of nitrogens with zero attached hydrogens (tertiary/aromatic N) is 2. The largest absolute Gasteiger partial charge is 0.481 e. The maximum atomic E-state index is 11.6. The molecular weight excluding hydrogens is 212 g/mol. The lowest BCUT2D eigenvalue weighted by atomic mass is 9.98. The number of aromatic amines is 1. The van der Waals surface area contributed by atoms with Gasteiger partial charge in [-0.1, -0.05) is 0 Å². The van der Waals surface area contributed by atoms with E-state index < -0.39 is 17.4 Å². The van der Waals surface area contributed by atoms with E-state index in [0.29, 0.717) is 6.42 Å². The van der Waals surface area contributed by atoms with Crippen LogP contribution in [0.4, 0.5) is 0 Å². The highest BCUT2D eigenvalue weighted by atomic mass is 16.4. The van der Waals surface area contributed by atoms with Crippen molar-refractivity contribution in [3.05, 3.63) is 12.2 Å². The van der Waals surface area contributed by atoms with Crippen molar-refractivity contribution in [2.24, 2.45) is 0 Å². The van der Waals surface area contributed by atoms with Gasteiger partial charge in [-0.25, -0.2) is 4.98 Å². The molecule has 0 radical (unpaired) electrons. The zero-order valence-corrected chi connectivity index (χ0v) is 9.15. The van der Waals surface area contributed by atoms with Crippen LogP contribution in [0.25, 0.3) is 0 Å². The van der Waals surface area contributed by atoms with Crippen molar-refractivity contribution >= 4 is 11.9 Å². The molecule has 0 aliphatic carbocycles. The van der Waals surface area contributed by atoms with Crippen molar-refractivity contribution in [2.45, 2.75) is 32.2 Å². The van der Waals surface area contributed by atoms with Crippen LogP contribution in [-0.2, 0) is 4.79 Å². The number of rotatable bonds is 5. The predicted octanol–water partition coefficient (Wildman–Crippen LogP) is 0.178. The minimum atomic E-state index is -0.887. The second kappa shape index (κ2) is 4.73. The number of aliphatic carboxylic acids is 1. The predicted molar refractivity (Wildman–Crippen MR) is 54.8 cm³/mol. The van der Waals surface area contributed by atoms with Gasteiger partial charge in [-0.3, -0.25) is 14.7 Å². The number of hydrogen-bond donors (Lipinski definition) is 3. The van der Waals surface area contributed by atoms with Crippen molar-refractivity contribution < 1.29 is 14.7 Å². The average molecular weight is 226 g/mol. The average Bonchev–Trinajstić information content (AvgIpc) is 2.67. The van der Waals surface area contributed by atoms with E-state index in [9.17, 15) is 9.59 Å². The van der Waals surface area contributed by atoms with Crippen LogP contribution in [0.15, 0.2) is 6.33 Å². The number of carboxylic acids is 1. The minimum absolute atomic E-state index is 0.00366. The van der Waals surface area contributed by atoms with Crippen molar-refractivity contribution in [1.82, 2.24) is 20.5 Å². The van der Waals surface area contributed by atoms with Crippen LogP contribution in [-0.4, -0.2) is 37.7 Å². The number of carbonyl (C=O) groups excluding carboxylic acids is 1. The first-order valence-corrected chi connectivity index (χ1v) is 4.80. The van der Waals surface area contributed by atoms with Crippen LogP contribution in [0.5, 0.6) is 0 Å². The van der Waals surface area contributed by atoms with Gasteiger partial charge in [0, 0.05) is 12.0 Å². The summed E-state index contributed by atoms with van der Waals surface area (Å²) in [6, 6.07) is 0. The summed E-state index contributed by atoms with van der Waals surface area (Å²) in [6.45, 7) is 3.51. The molecule has 0 atom stereocenters. The fourth-order valence-corrected chi connectivity index (χ4v) is 1.16. The van der Waals surface area contributed by atoms with Crippen LogP contribution >= 0.6 is 0 Å². The van der Waals surface area contributed by atoms with Crippen LogP contribution < -0.4 is 5.32 Å². The lowest BCUT2D eigenvalue weighted by Gasteiger charge is -2.24.